The molecule has 2 aromatic heterocycles. The van der Waals surface area contributed by atoms with E-state index in [1.807, 2.05) is 5.38 Å². The molecule has 0 aliphatic carbocycles. The topological polar surface area (TPSA) is 70.4 Å². The zero-order valence-corrected chi connectivity index (χ0v) is 16.4. The molecule has 0 saturated carbocycles. The Morgan fingerprint density at radius 2 is 1.87 bits per heavy atom. The summed E-state index contributed by atoms with van der Waals surface area (Å²) in [4.78, 5) is 30.8. The highest BCUT2D eigenvalue weighted by Crippen LogP contribution is 2.32. The monoisotopic (exact) mass is 422 g/mol. The Kier molecular flexibility index (Phi) is 4.55. The van der Waals surface area contributed by atoms with Crippen LogP contribution >= 0.6 is 11.3 Å². The van der Waals surface area contributed by atoms with Crippen LogP contribution < -0.4 is 15.0 Å². The van der Waals surface area contributed by atoms with E-state index in [2.05, 4.69) is 4.98 Å². The van der Waals surface area contributed by atoms with Crippen LogP contribution in [0.2, 0.25) is 0 Å². The number of carbonyl (C=O) groups is 1. The number of aromatic nitrogens is 2. The molecule has 4 aromatic rings. The molecule has 1 aliphatic heterocycles. The van der Waals surface area contributed by atoms with E-state index in [0.29, 0.717) is 46.1 Å². The third-order valence-corrected chi connectivity index (χ3v) is 5.78. The molecule has 30 heavy (non-hydrogen) atoms. The summed E-state index contributed by atoms with van der Waals surface area (Å²) in [5.74, 6) is 0.525. The standard InChI is InChI=1S/C22H15FN2O4S/c23-15-4-1-13(2-5-15)16-11-30-21-20(16)22(27)25(12-24-21)10-17(26)14-3-6-18-19(9-14)29-8-7-28-18/h1-6,9,11-12H,7-8,10H2. The van der Waals surface area contributed by atoms with Crippen molar-refractivity contribution in [1.29, 1.82) is 0 Å². The van der Waals surface area contributed by atoms with Crippen molar-refractivity contribution in [2.45, 2.75) is 6.54 Å². The van der Waals surface area contributed by atoms with Crippen molar-refractivity contribution < 1.29 is 18.7 Å². The third kappa shape index (κ3) is 3.25. The number of rotatable bonds is 4. The Morgan fingerprint density at radius 1 is 1.10 bits per heavy atom. The van der Waals surface area contributed by atoms with Crippen LogP contribution in [0.25, 0.3) is 21.3 Å². The number of ether oxygens (including phenoxy) is 2. The van der Waals surface area contributed by atoms with Crippen molar-refractivity contribution in [1.82, 2.24) is 9.55 Å². The van der Waals surface area contributed by atoms with Gasteiger partial charge in [0.2, 0.25) is 0 Å². The Labute approximate surface area is 174 Å². The number of ketones is 1. The summed E-state index contributed by atoms with van der Waals surface area (Å²) in [6.45, 7) is 0.744. The third-order valence-electron chi connectivity index (χ3n) is 4.89. The molecule has 0 fully saturated rings. The van der Waals surface area contributed by atoms with Crippen molar-refractivity contribution in [2.75, 3.05) is 13.2 Å². The highest BCUT2D eigenvalue weighted by molar-refractivity contribution is 7.17. The molecule has 1 aliphatic rings. The molecule has 0 amide bonds. The number of nitrogens with zero attached hydrogens (tertiary/aromatic N) is 2. The lowest BCUT2D eigenvalue weighted by Crippen LogP contribution is -2.24. The molecule has 3 heterocycles. The van der Waals surface area contributed by atoms with Gasteiger partial charge in [0.15, 0.2) is 17.3 Å². The van der Waals surface area contributed by atoms with Crippen molar-refractivity contribution in [3.63, 3.8) is 0 Å². The van der Waals surface area contributed by atoms with Crippen LogP contribution in [0.4, 0.5) is 4.39 Å². The molecule has 150 valence electrons. The van der Waals surface area contributed by atoms with Gasteiger partial charge in [0.25, 0.3) is 5.56 Å². The lowest BCUT2D eigenvalue weighted by Gasteiger charge is -2.18. The second-order valence-electron chi connectivity index (χ2n) is 6.80. The first-order chi connectivity index (χ1) is 14.6. The fourth-order valence-electron chi connectivity index (χ4n) is 3.38. The lowest BCUT2D eigenvalue weighted by atomic mass is 10.1. The molecule has 6 nitrogen and oxygen atoms in total. The molecule has 0 N–H and O–H groups in total. The molecule has 8 heteroatoms. The van der Waals surface area contributed by atoms with Crippen LogP contribution in [-0.4, -0.2) is 28.5 Å². The fourth-order valence-corrected chi connectivity index (χ4v) is 4.29. The summed E-state index contributed by atoms with van der Waals surface area (Å²) in [6, 6.07) is 10.9. The van der Waals surface area contributed by atoms with Gasteiger partial charge >= 0.3 is 0 Å². The second kappa shape index (κ2) is 7.38. The second-order valence-corrected chi connectivity index (χ2v) is 7.65. The van der Waals surface area contributed by atoms with E-state index in [1.54, 1.807) is 30.3 Å². The lowest BCUT2D eigenvalue weighted by molar-refractivity contribution is 0.0969. The Morgan fingerprint density at radius 3 is 2.67 bits per heavy atom. The molecule has 5 rings (SSSR count). The summed E-state index contributed by atoms with van der Waals surface area (Å²) in [5.41, 5.74) is 1.51. The van der Waals surface area contributed by atoms with Gasteiger partial charge < -0.3 is 9.47 Å². The Balaban J connectivity index is 1.50. The predicted octanol–water partition coefficient (Wildman–Crippen LogP) is 3.92. The summed E-state index contributed by atoms with van der Waals surface area (Å²) < 4.78 is 25.6. The van der Waals surface area contributed by atoms with E-state index in [1.165, 1.54) is 34.4 Å². The zero-order valence-electron chi connectivity index (χ0n) is 15.6. The first-order valence-electron chi connectivity index (χ1n) is 9.25. The summed E-state index contributed by atoms with van der Waals surface area (Å²) in [7, 11) is 0. The number of hydrogen-bond donors (Lipinski definition) is 0. The first kappa shape index (κ1) is 18.5. The van der Waals surface area contributed by atoms with Gasteiger partial charge in [-0.2, -0.15) is 0 Å². The molecule has 0 atom stereocenters. The van der Waals surface area contributed by atoms with Crippen LogP contribution in [0.15, 0.2) is 59.0 Å². The summed E-state index contributed by atoms with van der Waals surface area (Å²) in [5, 5.41) is 2.24. The molecule has 0 spiro atoms. The molecule has 2 aromatic carbocycles. The van der Waals surface area contributed by atoms with Gasteiger partial charge in [-0.1, -0.05) is 12.1 Å². The van der Waals surface area contributed by atoms with Crippen LogP contribution in [0.5, 0.6) is 11.5 Å². The fraction of sp³-hybridized carbons (Fsp3) is 0.136. The molecule has 0 saturated heterocycles. The minimum atomic E-state index is -0.348. The van der Waals surface area contributed by atoms with Crippen LogP contribution in [0.1, 0.15) is 10.4 Å². The SMILES string of the molecule is O=C(Cn1cnc2scc(-c3ccc(F)cc3)c2c1=O)c1ccc2c(c1)OCCO2. The van der Waals surface area contributed by atoms with Gasteiger partial charge in [-0.15, -0.1) is 11.3 Å². The van der Waals surface area contributed by atoms with E-state index in [0.717, 1.165) is 5.56 Å². The zero-order chi connectivity index (χ0) is 20.7. The van der Waals surface area contributed by atoms with Crippen molar-refractivity contribution >= 4 is 27.3 Å². The predicted molar refractivity (Wildman–Crippen MR) is 111 cm³/mol. The number of hydrogen-bond acceptors (Lipinski definition) is 6. The molecular formula is C22H15FN2O4S. The summed E-state index contributed by atoms with van der Waals surface area (Å²) in [6.07, 6.45) is 1.38. The van der Waals surface area contributed by atoms with Crippen LogP contribution in [0.3, 0.4) is 0 Å². The summed E-state index contributed by atoms with van der Waals surface area (Å²) >= 11 is 1.33. The van der Waals surface area contributed by atoms with Crippen LogP contribution in [0, 0.1) is 5.82 Å². The number of halogens is 1. The maximum Gasteiger partial charge on any atom is 0.263 e. The average Bonchev–Trinajstić information content (AvgIpc) is 3.21. The maximum absolute atomic E-state index is 13.3. The molecule has 0 bridgehead atoms. The number of carbonyl (C=O) groups excluding carboxylic acids is 1. The van der Waals surface area contributed by atoms with Gasteiger partial charge in [0.05, 0.1) is 18.3 Å². The first-order valence-corrected chi connectivity index (χ1v) is 10.1. The largest absolute Gasteiger partial charge is 0.486 e. The maximum atomic E-state index is 13.3. The molecule has 0 unspecified atom stereocenters. The van der Waals surface area contributed by atoms with E-state index in [4.69, 9.17) is 9.47 Å². The molecule has 0 radical (unpaired) electrons. The van der Waals surface area contributed by atoms with E-state index in [9.17, 15) is 14.0 Å². The van der Waals surface area contributed by atoms with Crippen LogP contribution in [-0.2, 0) is 6.54 Å². The van der Waals surface area contributed by atoms with E-state index in [-0.39, 0.29) is 23.7 Å². The average molecular weight is 422 g/mol. The van der Waals surface area contributed by atoms with Gasteiger partial charge in [0.1, 0.15) is 23.9 Å². The number of benzene rings is 2. The van der Waals surface area contributed by atoms with E-state index < -0.39 is 0 Å². The molecular weight excluding hydrogens is 407 g/mol. The van der Waals surface area contributed by atoms with Gasteiger partial charge in [0, 0.05) is 16.5 Å². The highest BCUT2D eigenvalue weighted by atomic mass is 32.1. The smallest absolute Gasteiger partial charge is 0.263 e. The van der Waals surface area contributed by atoms with Crippen molar-refractivity contribution in [2.24, 2.45) is 0 Å². The Bertz CT molecular complexity index is 1330. The quantitative estimate of drug-likeness (QED) is 0.466. The van der Waals surface area contributed by atoms with Gasteiger partial charge in [-0.3, -0.25) is 14.2 Å². The van der Waals surface area contributed by atoms with E-state index >= 15 is 0 Å². The minimum Gasteiger partial charge on any atom is -0.486 e. The van der Waals surface area contributed by atoms with Gasteiger partial charge in [-0.05, 0) is 35.9 Å². The van der Waals surface area contributed by atoms with Crippen molar-refractivity contribution in [3.8, 4) is 22.6 Å². The van der Waals surface area contributed by atoms with Crippen molar-refractivity contribution in [3.05, 3.63) is 75.9 Å². The minimum absolute atomic E-state index is 0.153. The normalized spacial score (nSPS) is 12.8. The Hall–Kier alpha value is -3.52. The number of fused-ring (bicyclic) bond motifs is 2. The number of Topliss-reactive ketones (excluding diaryl/α,β-unsaturated/α-hetero) is 1. The number of thiophene rings is 1. The van der Waals surface area contributed by atoms with Gasteiger partial charge in [-0.25, -0.2) is 9.37 Å². The highest BCUT2D eigenvalue weighted by Gasteiger charge is 2.18.